The molecule has 0 saturated heterocycles. The van der Waals surface area contributed by atoms with Crippen molar-refractivity contribution in [2.75, 3.05) is 13.7 Å². The van der Waals surface area contributed by atoms with Crippen molar-refractivity contribution in [3.8, 4) is 5.75 Å². The van der Waals surface area contributed by atoms with E-state index in [1.807, 2.05) is 18.3 Å². The Kier molecular flexibility index (Phi) is 6.01. The van der Waals surface area contributed by atoms with Crippen molar-refractivity contribution in [3.05, 3.63) is 28.9 Å². The quantitative estimate of drug-likeness (QED) is 0.636. The molecule has 0 aliphatic rings. The second-order valence-electron chi connectivity index (χ2n) is 3.97. The lowest BCUT2D eigenvalue weighted by molar-refractivity contribution is -0.159. The maximum absolute atomic E-state index is 9.10. The van der Waals surface area contributed by atoms with Gasteiger partial charge in [0.15, 0.2) is 0 Å². The standard InChI is InChI=1S/C11H13ClN2O.C2H2O4/c1-15-9-3-2-8-10(11(9)12)7(4-5-13)6-14-8;3-1(4)2(5)6/h2-3,6,14H,4-5,13H2,1H3;(H,3,4)(H,5,6). The molecule has 0 spiro atoms. The zero-order valence-electron chi connectivity index (χ0n) is 11.2. The lowest BCUT2D eigenvalue weighted by atomic mass is 10.1. The predicted octanol–water partition coefficient (Wildman–Crippen LogP) is 1.49. The van der Waals surface area contributed by atoms with E-state index < -0.39 is 11.9 Å². The van der Waals surface area contributed by atoms with E-state index in [-0.39, 0.29) is 0 Å². The molecule has 7 nitrogen and oxygen atoms in total. The highest BCUT2D eigenvalue weighted by molar-refractivity contribution is 6.37. The molecule has 0 unspecified atom stereocenters. The molecule has 0 aliphatic carbocycles. The first kappa shape index (κ1) is 16.8. The fourth-order valence-electron chi connectivity index (χ4n) is 1.74. The number of H-pyrrole nitrogens is 1. The van der Waals surface area contributed by atoms with Gasteiger partial charge in [-0.2, -0.15) is 0 Å². The van der Waals surface area contributed by atoms with Crippen LogP contribution in [0.15, 0.2) is 18.3 Å². The number of aromatic amines is 1. The van der Waals surface area contributed by atoms with Crippen molar-refractivity contribution < 1.29 is 24.5 Å². The number of carboxylic acid groups (broad SMARTS) is 2. The number of hydrogen-bond acceptors (Lipinski definition) is 4. The number of hydrogen-bond donors (Lipinski definition) is 4. The van der Waals surface area contributed by atoms with Crippen LogP contribution in [0.5, 0.6) is 5.75 Å². The van der Waals surface area contributed by atoms with Gasteiger partial charge >= 0.3 is 11.9 Å². The van der Waals surface area contributed by atoms with E-state index in [2.05, 4.69) is 4.98 Å². The molecule has 0 aliphatic heterocycles. The largest absolute Gasteiger partial charge is 0.495 e. The van der Waals surface area contributed by atoms with Crippen LogP contribution >= 0.6 is 11.6 Å². The van der Waals surface area contributed by atoms with Crippen molar-refractivity contribution in [2.45, 2.75) is 6.42 Å². The highest BCUT2D eigenvalue weighted by atomic mass is 35.5. The summed E-state index contributed by atoms with van der Waals surface area (Å²) in [6.45, 7) is 0.612. The molecule has 0 amide bonds. The Balaban J connectivity index is 0.000000315. The first-order chi connectivity index (χ1) is 9.92. The van der Waals surface area contributed by atoms with Gasteiger partial charge in [-0.25, -0.2) is 9.59 Å². The van der Waals surface area contributed by atoms with Gasteiger partial charge in [0.2, 0.25) is 0 Å². The van der Waals surface area contributed by atoms with Gasteiger partial charge in [0.25, 0.3) is 0 Å². The summed E-state index contributed by atoms with van der Waals surface area (Å²) in [5.41, 5.74) is 7.70. The minimum absolute atomic E-state index is 0.612. The molecule has 2 rings (SSSR count). The number of aliphatic carboxylic acids is 2. The van der Waals surface area contributed by atoms with Crippen LogP contribution in [0.3, 0.4) is 0 Å². The molecular formula is C13H15ClN2O5. The van der Waals surface area contributed by atoms with Crippen LogP contribution in [0, 0.1) is 0 Å². The predicted molar refractivity (Wildman–Crippen MR) is 77.9 cm³/mol. The number of aromatic nitrogens is 1. The van der Waals surface area contributed by atoms with Gasteiger partial charge in [-0.1, -0.05) is 11.6 Å². The van der Waals surface area contributed by atoms with Gasteiger partial charge in [0, 0.05) is 17.1 Å². The number of benzene rings is 1. The molecule has 1 heterocycles. The summed E-state index contributed by atoms with van der Waals surface area (Å²) in [5.74, 6) is -2.95. The van der Waals surface area contributed by atoms with Crippen LogP contribution in [0.1, 0.15) is 5.56 Å². The van der Waals surface area contributed by atoms with Crippen molar-refractivity contribution in [3.63, 3.8) is 0 Å². The number of carbonyl (C=O) groups is 2. The number of nitrogens with one attached hydrogen (secondary N) is 1. The number of nitrogens with two attached hydrogens (primary N) is 1. The molecule has 1 aromatic carbocycles. The number of fused-ring (bicyclic) bond motifs is 1. The average molecular weight is 315 g/mol. The Morgan fingerprint density at radius 3 is 2.43 bits per heavy atom. The SMILES string of the molecule is COc1ccc2[nH]cc(CCN)c2c1Cl.O=C(O)C(=O)O. The van der Waals surface area contributed by atoms with Gasteiger partial charge in [-0.15, -0.1) is 0 Å². The van der Waals surface area contributed by atoms with E-state index in [0.29, 0.717) is 17.3 Å². The van der Waals surface area contributed by atoms with E-state index in [1.54, 1.807) is 7.11 Å². The third kappa shape index (κ3) is 4.11. The van der Waals surface area contributed by atoms with E-state index >= 15 is 0 Å². The van der Waals surface area contributed by atoms with E-state index in [9.17, 15) is 0 Å². The first-order valence-corrected chi connectivity index (χ1v) is 6.28. The number of methoxy groups -OCH3 is 1. The molecule has 0 radical (unpaired) electrons. The Morgan fingerprint density at radius 2 is 1.95 bits per heavy atom. The summed E-state index contributed by atoms with van der Waals surface area (Å²) in [4.78, 5) is 21.4. The number of rotatable bonds is 3. The maximum atomic E-state index is 9.10. The zero-order chi connectivity index (χ0) is 16.0. The third-order valence-corrected chi connectivity index (χ3v) is 3.02. The molecule has 0 saturated carbocycles. The van der Waals surface area contributed by atoms with Crippen LogP contribution in [-0.2, 0) is 16.0 Å². The van der Waals surface area contributed by atoms with Gasteiger partial charge in [-0.05, 0) is 30.7 Å². The zero-order valence-corrected chi connectivity index (χ0v) is 12.0. The Labute approximate surface area is 125 Å². The highest BCUT2D eigenvalue weighted by Crippen LogP contribution is 2.34. The van der Waals surface area contributed by atoms with Gasteiger partial charge in [0.1, 0.15) is 5.75 Å². The summed E-state index contributed by atoms with van der Waals surface area (Å²) in [6.07, 6.45) is 2.76. The smallest absolute Gasteiger partial charge is 0.414 e. The summed E-state index contributed by atoms with van der Waals surface area (Å²) >= 11 is 6.24. The van der Waals surface area contributed by atoms with Crippen LogP contribution in [0.25, 0.3) is 10.9 Å². The maximum Gasteiger partial charge on any atom is 0.414 e. The minimum Gasteiger partial charge on any atom is -0.495 e. The van der Waals surface area contributed by atoms with Crippen LogP contribution < -0.4 is 10.5 Å². The number of ether oxygens (including phenoxy) is 1. The molecule has 2 aromatic rings. The third-order valence-electron chi connectivity index (χ3n) is 2.65. The van der Waals surface area contributed by atoms with Crippen molar-refractivity contribution in [1.82, 2.24) is 4.98 Å². The Hall–Kier alpha value is -2.25. The fourth-order valence-corrected chi connectivity index (χ4v) is 2.10. The molecule has 1 aromatic heterocycles. The highest BCUT2D eigenvalue weighted by Gasteiger charge is 2.11. The fraction of sp³-hybridized carbons (Fsp3) is 0.231. The topological polar surface area (TPSA) is 126 Å². The van der Waals surface area contributed by atoms with Gasteiger partial charge in [0.05, 0.1) is 12.1 Å². The molecule has 5 N–H and O–H groups in total. The van der Waals surface area contributed by atoms with Gasteiger partial charge in [-0.3, -0.25) is 0 Å². The lowest BCUT2D eigenvalue weighted by Gasteiger charge is -2.05. The van der Waals surface area contributed by atoms with Crippen molar-refractivity contribution in [2.24, 2.45) is 5.73 Å². The normalized spacial score (nSPS) is 9.86. The molecule has 0 bridgehead atoms. The summed E-state index contributed by atoms with van der Waals surface area (Å²) in [6, 6.07) is 3.81. The first-order valence-electron chi connectivity index (χ1n) is 5.91. The molecule has 21 heavy (non-hydrogen) atoms. The van der Waals surface area contributed by atoms with E-state index in [1.165, 1.54) is 0 Å². The summed E-state index contributed by atoms with van der Waals surface area (Å²) in [5, 5.41) is 16.5. The second kappa shape index (κ2) is 7.51. The lowest BCUT2D eigenvalue weighted by Crippen LogP contribution is -2.09. The van der Waals surface area contributed by atoms with Crippen molar-refractivity contribution in [1.29, 1.82) is 0 Å². The van der Waals surface area contributed by atoms with Gasteiger partial charge < -0.3 is 25.7 Å². The van der Waals surface area contributed by atoms with E-state index in [0.717, 1.165) is 22.9 Å². The average Bonchev–Trinajstić information content (AvgIpc) is 2.84. The van der Waals surface area contributed by atoms with Crippen LogP contribution in [-0.4, -0.2) is 40.8 Å². The number of carboxylic acids is 2. The Bertz CT molecular complexity index is 641. The summed E-state index contributed by atoms with van der Waals surface area (Å²) < 4.78 is 5.18. The second-order valence-corrected chi connectivity index (χ2v) is 4.35. The molecule has 8 heteroatoms. The molecule has 0 fully saturated rings. The molecule has 114 valence electrons. The van der Waals surface area contributed by atoms with Crippen LogP contribution in [0.4, 0.5) is 0 Å². The summed E-state index contributed by atoms with van der Waals surface area (Å²) in [7, 11) is 1.61. The molecular weight excluding hydrogens is 300 g/mol. The monoisotopic (exact) mass is 314 g/mol. The minimum atomic E-state index is -1.82. The van der Waals surface area contributed by atoms with Crippen molar-refractivity contribution >= 4 is 34.4 Å². The Morgan fingerprint density at radius 1 is 1.33 bits per heavy atom. The molecule has 0 atom stereocenters. The van der Waals surface area contributed by atoms with E-state index in [4.69, 9.17) is 41.9 Å². The number of halogens is 1. The van der Waals surface area contributed by atoms with Crippen LogP contribution in [0.2, 0.25) is 5.02 Å².